The summed E-state index contributed by atoms with van der Waals surface area (Å²) in [6.45, 7) is 0.826. The van der Waals surface area contributed by atoms with Crippen LogP contribution >= 0.6 is 0 Å². The standard InChI is InChI=1S/C14H18N2O/c1-17-13-7-5-11(6-8-13)10-16-14-4-2-3-12(14)9-15/h5-8,12,14,16H,2-4,10H2,1H3. The molecular weight excluding hydrogens is 212 g/mol. The Morgan fingerprint density at radius 3 is 2.76 bits per heavy atom. The molecule has 0 aliphatic heterocycles. The Morgan fingerprint density at radius 2 is 2.12 bits per heavy atom. The Morgan fingerprint density at radius 1 is 1.35 bits per heavy atom. The number of ether oxygens (including phenoxy) is 1. The number of nitrogens with zero attached hydrogens (tertiary/aromatic N) is 1. The zero-order valence-corrected chi connectivity index (χ0v) is 10.1. The predicted molar refractivity (Wildman–Crippen MR) is 66.6 cm³/mol. The minimum Gasteiger partial charge on any atom is -0.497 e. The summed E-state index contributed by atoms with van der Waals surface area (Å²) in [7, 11) is 1.67. The smallest absolute Gasteiger partial charge is 0.118 e. The Hall–Kier alpha value is -1.53. The van der Waals surface area contributed by atoms with Gasteiger partial charge >= 0.3 is 0 Å². The van der Waals surface area contributed by atoms with Crippen molar-refractivity contribution >= 4 is 0 Å². The maximum Gasteiger partial charge on any atom is 0.118 e. The van der Waals surface area contributed by atoms with E-state index >= 15 is 0 Å². The second-order valence-corrected chi connectivity index (χ2v) is 4.50. The Kier molecular flexibility index (Phi) is 4.00. The van der Waals surface area contributed by atoms with Crippen molar-refractivity contribution in [2.75, 3.05) is 7.11 Å². The van der Waals surface area contributed by atoms with Crippen molar-refractivity contribution in [2.24, 2.45) is 5.92 Å². The highest BCUT2D eigenvalue weighted by Crippen LogP contribution is 2.25. The zero-order valence-electron chi connectivity index (χ0n) is 10.1. The van der Waals surface area contributed by atoms with E-state index in [1.165, 1.54) is 12.0 Å². The van der Waals surface area contributed by atoms with Gasteiger partial charge in [-0.15, -0.1) is 0 Å². The fraction of sp³-hybridized carbons (Fsp3) is 0.500. The summed E-state index contributed by atoms with van der Waals surface area (Å²) in [6.07, 6.45) is 3.32. The number of benzene rings is 1. The molecule has 1 aliphatic rings. The van der Waals surface area contributed by atoms with Crippen molar-refractivity contribution in [3.8, 4) is 11.8 Å². The second-order valence-electron chi connectivity index (χ2n) is 4.50. The molecule has 2 unspecified atom stereocenters. The number of hydrogen-bond acceptors (Lipinski definition) is 3. The lowest BCUT2D eigenvalue weighted by Gasteiger charge is -2.15. The fourth-order valence-electron chi connectivity index (χ4n) is 2.35. The van der Waals surface area contributed by atoms with Crippen LogP contribution in [0.5, 0.6) is 5.75 Å². The van der Waals surface area contributed by atoms with E-state index < -0.39 is 0 Å². The van der Waals surface area contributed by atoms with Gasteiger partial charge in [-0.3, -0.25) is 0 Å². The molecule has 3 nitrogen and oxygen atoms in total. The largest absolute Gasteiger partial charge is 0.497 e. The van der Waals surface area contributed by atoms with Gasteiger partial charge < -0.3 is 10.1 Å². The molecule has 0 bridgehead atoms. The molecule has 1 aromatic rings. The molecule has 90 valence electrons. The van der Waals surface area contributed by atoms with Gasteiger partial charge in [0.2, 0.25) is 0 Å². The van der Waals surface area contributed by atoms with Gasteiger partial charge in [-0.25, -0.2) is 0 Å². The van der Waals surface area contributed by atoms with Crippen LogP contribution in [0.3, 0.4) is 0 Å². The SMILES string of the molecule is COc1ccc(CNC2CCCC2C#N)cc1. The number of nitrogens with one attached hydrogen (secondary N) is 1. The average molecular weight is 230 g/mol. The van der Waals surface area contributed by atoms with E-state index in [1.54, 1.807) is 7.11 Å². The summed E-state index contributed by atoms with van der Waals surface area (Å²) in [6, 6.07) is 10.8. The highest BCUT2D eigenvalue weighted by molar-refractivity contribution is 5.27. The van der Waals surface area contributed by atoms with Crippen molar-refractivity contribution in [3.63, 3.8) is 0 Å². The van der Waals surface area contributed by atoms with Crippen LogP contribution in [0.15, 0.2) is 24.3 Å². The normalized spacial score (nSPS) is 23.3. The molecule has 1 aromatic carbocycles. The van der Waals surface area contributed by atoms with Gasteiger partial charge in [0.05, 0.1) is 19.1 Å². The van der Waals surface area contributed by atoms with Crippen LogP contribution in [0.1, 0.15) is 24.8 Å². The molecule has 1 fully saturated rings. The average Bonchev–Trinajstić information content (AvgIpc) is 2.84. The first-order valence-electron chi connectivity index (χ1n) is 6.09. The molecule has 0 spiro atoms. The third-order valence-electron chi connectivity index (χ3n) is 3.41. The lowest BCUT2D eigenvalue weighted by Crippen LogP contribution is -2.31. The Bertz CT molecular complexity index is 394. The summed E-state index contributed by atoms with van der Waals surface area (Å²) >= 11 is 0. The van der Waals surface area contributed by atoms with Crippen LogP contribution in [-0.4, -0.2) is 13.2 Å². The first kappa shape index (κ1) is 11.9. The van der Waals surface area contributed by atoms with Crippen LogP contribution in [0.2, 0.25) is 0 Å². The molecule has 0 amide bonds. The summed E-state index contributed by atoms with van der Waals surface area (Å²) in [4.78, 5) is 0. The molecular formula is C14H18N2O. The lowest BCUT2D eigenvalue weighted by atomic mass is 10.1. The summed E-state index contributed by atoms with van der Waals surface area (Å²) in [5, 5.41) is 12.5. The predicted octanol–water partition coefficient (Wildman–Crippen LogP) is 2.48. The molecule has 2 atom stereocenters. The fourth-order valence-corrected chi connectivity index (χ4v) is 2.35. The van der Waals surface area contributed by atoms with E-state index in [0.717, 1.165) is 25.1 Å². The maximum atomic E-state index is 9.00. The van der Waals surface area contributed by atoms with Gasteiger partial charge in [0.1, 0.15) is 5.75 Å². The van der Waals surface area contributed by atoms with E-state index in [0.29, 0.717) is 6.04 Å². The van der Waals surface area contributed by atoms with Crippen LogP contribution in [0.25, 0.3) is 0 Å². The minimum absolute atomic E-state index is 0.188. The molecule has 3 heteroatoms. The van der Waals surface area contributed by atoms with E-state index in [2.05, 4.69) is 23.5 Å². The summed E-state index contributed by atoms with van der Waals surface area (Å²) in [5.74, 6) is 1.07. The lowest BCUT2D eigenvalue weighted by molar-refractivity contribution is 0.414. The highest BCUT2D eigenvalue weighted by atomic mass is 16.5. The molecule has 1 saturated carbocycles. The van der Waals surface area contributed by atoms with Crippen LogP contribution < -0.4 is 10.1 Å². The number of nitriles is 1. The van der Waals surface area contributed by atoms with Crippen molar-refractivity contribution < 1.29 is 4.74 Å². The van der Waals surface area contributed by atoms with E-state index in [-0.39, 0.29) is 5.92 Å². The minimum atomic E-state index is 0.188. The number of methoxy groups -OCH3 is 1. The van der Waals surface area contributed by atoms with Crippen LogP contribution in [0, 0.1) is 17.2 Å². The van der Waals surface area contributed by atoms with E-state index in [9.17, 15) is 0 Å². The molecule has 2 rings (SSSR count). The molecule has 0 saturated heterocycles. The summed E-state index contributed by atoms with van der Waals surface area (Å²) < 4.78 is 5.12. The monoisotopic (exact) mass is 230 g/mol. The van der Waals surface area contributed by atoms with Crippen molar-refractivity contribution in [1.82, 2.24) is 5.32 Å². The molecule has 0 heterocycles. The quantitative estimate of drug-likeness (QED) is 0.864. The van der Waals surface area contributed by atoms with Crippen LogP contribution in [-0.2, 0) is 6.54 Å². The molecule has 17 heavy (non-hydrogen) atoms. The maximum absolute atomic E-state index is 9.00. The Balaban J connectivity index is 1.87. The zero-order chi connectivity index (χ0) is 12.1. The van der Waals surface area contributed by atoms with E-state index in [4.69, 9.17) is 10.00 Å². The third kappa shape index (κ3) is 2.98. The first-order chi connectivity index (χ1) is 8.33. The molecule has 0 radical (unpaired) electrons. The molecule has 1 N–H and O–H groups in total. The third-order valence-corrected chi connectivity index (χ3v) is 3.41. The van der Waals surface area contributed by atoms with Gasteiger partial charge in [-0.2, -0.15) is 5.26 Å². The van der Waals surface area contributed by atoms with Crippen molar-refractivity contribution in [1.29, 1.82) is 5.26 Å². The van der Waals surface area contributed by atoms with Gasteiger partial charge in [-0.1, -0.05) is 18.6 Å². The van der Waals surface area contributed by atoms with Crippen molar-refractivity contribution in [3.05, 3.63) is 29.8 Å². The van der Waals surface area contributed by atoms with Gasteiger partial charge in [-0.05, 0) is 30.5 Å². The second kappa shape index (κ2) is 5.70. The first-order valence-corrected chi connectivity index (χ1v) is 6.09. The number of rotatable bonds is 4. The van der Waals surface area contributed by atoms with Crippen LogP contribution in [0.4, 0.5) is 0 Å². The van der Waals surface area contributed by atoms with Gasteiger partial charge in [0.15, 0.2) is 0 Å². The number of hydrogen-bond donors (Lipinski definition) is 1. The molecule has 1 aliphatic carbocycles. The Labute approximate surface area is 102 Å². The van der Waals surface area contributed by atoms with Gasteiger partial charge in [0, 0.05) is 12.6 Å². The summed E-state index contributed by atoms with van der Waals surface area (Å²) in [5.41, 5.74) is 1.23. The van der Waals surface area contributed by atoms with Gasteiger partial charge in [0.25, 0.3) is 0 Å². The topological polar surface area (TPSA) is 45.0 Å². The molecule has 0 aromatic heterocycles. The van der Waals surface area contributed by atoms with E-state index in [1.807, 2.05) is 12.1 Å². The highest BCUT2D eigenvalue weighted by Gasteiger charge is 2.26. The van der Waals surface area contributed by atoms with Crippen molar-refractivity contribution in [2.45, 2.75) is 31.8 Å².